The Morgan fingerprint density at radius 1 is 1.38 bits per heavy atom. The van der Waals surface area contributed by atoms with Crippen molar-refractivity contribution >= 4 is 23.0 Å². The highest BCUT2D eigenvalue weighted by atomic mass is 16.4. The molecule has 0 saturated carbocycles. The third-order valence-corrected chi connectivity index (χ3v) is 2.08. The molecule has 2 aromatic rings. The van der Waals surface area contributed by atoms with Gasteiger partial charge in [0.2, 0.25) is 0 Å². The minimum atomic E-state index is -0.899. The van der Waals surface area contributed by atoms with Crippen molar-refractivity contribution in [3.8, 4) is 0 Å². The second kappa shape index (κ2) is 4.09. The van der Waals surface area contributed by atoms with Gasteiger partial charge in [0.1, 0.15) is 17.9 Å². The summed E-state index contributed by atoms with van der Waals surface area (Å²) in [6.45, 7) is -0.0984. The summed E-state index contributed by atoms with van der Waals surface area (Å²) in [6.07, 6.45) is 3.14. The molecule has 0 aliphatic rings. The largest absolute Gasteiger partial charge is 0.480 e. The van der Waals surface area contributed by atoms with Gasteiger partial charge in [0.15, 0.2) is 5.65 Å². The summed E-state index contributed by atoms with van der Waals surface area (Å²) < 4.78 is 0. The quantitative estimate of drug-likeness (QED) is 0.810. The number of anilines is 1. The van der Waals surface area contributed by atoms with Crippen LogP contribution in [0.1, 0.15) is 0 Å². The average molecular weight is 218 g/mol. The third kappa shape index (κ3) is 2.05. The Morgan fingerprint density at radius 3 is 2.88 bits per heavy atom. The first-order valence-corrected chi connectivity index (χ1v) is 4.67. The first kappa shape index (κ1) is 10.3. The van der Waals surface area contributed by atoms with Gasteiger partial charge in [0.25, 0.3) is 0 Å². The number of rotatable bonds is 3. The SMILES string of the molecule is CN(CC(=O)O)c1ccc2nccnc2n1. The Kier molecular flexibility index (Phi) is 2.63. The van der Waals surface area contributed by atoms with Gasteiger partial charge in [-0.1, -0.05) is 0 Å². The average Bonchev–Trinajstić information content (AvgIpc) is 2.27. The first-order chi connectivity index (χ1) is 7.66. The third-order valence-electron chi connectivity index (χ3n) is 2.08. The van der Waals surface area contributed by atoms with E-state index in [2.05, 4.69) is 15.0 Å². The molecule has 0 aliphatic heterocycles. The standard InChI is InChI=1S/C10H10N4O2/c1-14(6-9(15)16)8-3-2-7-10(13-8)12-5-4-11-7/h2-5H,6H2,1H3,(H,15,16). The lowest BCUT2D eigenvalue weighted by molar-refractivity contribution is -0.135. The van der Waals surface area contributed by atoms with Crippen molar-refractivity contribution in [1.82, 2.24) is 15.0 Å². The molecule has 0 atom stereocenters. The van der Waals surface area contributed by atoms with Gasteiger partial charge in [-0.25, -0.2) is 9.97 Å². The molecule has 0 aliphatic carbocycles. The van der Waals surface area contributed by atoms with E-state index in [1.165, 1.54) is 4.90 Å². The highest BCUT2D eigenvalue weighted by molar-refractivity contribution is 5.75. The Labute approximate surface area is 91.6 Å². The summed E-state index contributed by atoms with van der Waals surface area (Å²) >= 11 is 0. The van der Waals surface area contributed by atoms with Gasteiger partial charge in [0, 0.05) is 19.4 Å². The van der Waals surface area contributed by atoms with Crippen LogP contribution in [-0.2, 0) is 4.79 Å². The molecule has 0 aromatic carbocycles. The number of likely N-dealkylation sites (N-methyl/N-ethyl adjacent to an activating group) is 1. The summed E-state index contributed by atoms with van der Waals surface area (Å²) in [6, 6.07) is 3.49. The second-order valence-corrected chi connectivity index (χ2v) is 3.32. The van der Waals surface area contributed by atoms with Crippen LogP contribution in [-0.4, -0.2) is 39.6 Å². The van der Waals surface area contributed by atoms with Gasteiger partial charge in [-0.3, -0.25) is 9.78 Å². The number of aliphatic carboxylic acids is 1. The molecule has 0 fully saturated rings. The zero-order chi connectivity index (χ0) is 11.5. The van der Waals surface area contributed by atoms with Gasteiger partial charge in [-0.2, -0.15) is 0 Å². The van der Waals surface area contributed by atoms with Crippen LogP contribution < -0.4 is 4.90 Å². The maximum atomic E-state index is 10.5. The first-order valence-electron chi connectivity index (χ1n) is 4.67. The maximum absolute atomic E-state index is 10.5. The van der Waals surface area contributed by atoms with Crippen molar-refractivity contribution in [2.45, 2.75) is 0 Å². The number of aromatic nitrogens is 3. The monoisotopic (exact) mass is 218 g/mol. The molecule has 16 heavy (non-hydrogen) atoms. The van der Waals surface area contributed by atoms with Crippen molar-refractivity contribution in [3.05, 3.63) is 24.5 Å². The lowest BCUT2D eigenvalue weighted by atomic mass is 10.4. The number of pyridine rings is 1. The van der Waals surface area contributed by atoms with E-state index in [0.717, 1.165) is 0 Å². The molecule has 2 heterocycles. The normalized spacial score (nSPS) is 10.3. The highest BCUT2D eigenvalue weighted by Gasteiger charge is 2.07. The number of carboxylic acid groups (broad SMARTS) is 1. The molecule has 6 nitrogen and oxygen atoms in total. The molecule has 0 radical (unpaired) electrons. The summed E-state index contributed by atoms with van der Waals surface area (Å²) in [5, 5.41) is 8.66. The lowest BCUT2D eigenvalue weighted by Gasteiger charge is -2.15. The highest BCUT2D eigenvalue weighted by Crippen LogP contribution is 2.12. The van der Waals surface area contributed by atoms with E-state index in [4.69, 9.17) is 5.11 Å². The number of carboxylic acids is 1. The van der Waals surface area contributed by atoms with E-state index < -0.39 is 5.97 Å². The summed E-state index contributed by atoms with van der Waals surface area (Å²) in [7, 11) is 1.67. The molecular formula is C10H10N4O2. The second-order valence-electron chi connectivity index (χ2n) is 3.32. The molecule has 0 bridgehead atoms. The van der Waals surface area contributed by atoms with E-state index >= 15 is 0 Å². The summed E-state index contributed by atoms with van der Waals surface area (Å²) in [5.74, 6) is -0.334. The summed E-state index contributed by atoms with van der Waals surface area (Å²) in [4.78, 5) is 24.4. The number of hydrogen-bond donors (Lipinski definition) is 1. The van der Waals surface area contributed by atoms with Gasteiger partial charge in [0.05, 0.1) is 0 Å². The smallest absolute Gasteiger partial charge is 0.323 e. The fourth-order valence-electron chi connectivity index (χ4n) is 1.34. The maximum Gasteiger partial charge on any atom is 0.323 e. The van der Waals surface area contributed by atoms with E-state index in [-0.39, 0.29) is 6.54 Å². The Morgan fingerprint density at radius 2 is 2.12 bits per heavy atom. The molecule has 6 heteroatoms. The zero-order valence-corrected chi connectivity index (χ0v) is 8.66. The molecular weight excluding hydrogens is 208 g/mol. The molecule has 2 aromatic heterocycles. The van der Waals surface area contributed by atoms with Crippen molar-refractivity contribution < 1.29 is 9.90 Å². The van der Waals surface area contributed by atoms with E-state index in [0.29, 0.717) is 17.0 Å². The topological polar surface area (TPSA) is 79.2 Å². The van der Waals surface area contributed by atoms with Crippen LogP contribution in [0.5, 0.6) is 0 Å². The van der Waals surface area contributed by atoms with Crippen LogP contribution >= 0.6 is 0 Å². The Balaban J connectivity index is 2.35. The van der Waals surface area contributed by atoms with Crippen LogP contribution in [0.3, 0.4) is 0 Å². The van der Waals surface area contributed by atoms with Crippen molar-refractivity contribution in [2.75, 3.05) is 18.5 Å². The van der Waals surface area contributed by atoms with Gasteiger partial charge in [-0.15, -0.1) is 0 Å². The van der Waals surface area contributed by atoms with E-state index in [9.17, 15) is 4.79 Å². The zero-order valence-electron chi connectivity index (χ0n) is 8.66. The number of fused-ring (bicyclic) bond motifs is 1. The molecule has 2 rings (SSSR count). The number of hydrogen-bond acceptors (Lipinski definition) is 5. The van der Waals surface area contributed by atoms with Crippen LogP contribution in [0.15, 0.2) is 24.5 Å². The van der Waals surface area contributed by atoms with Gasteiger partial charge in [-0.05, 0) is 12.1 Å². The minimum Gasteiger partial charge on any atom is -0.480 e. The van der Waals surface area contributed by atoms with Crippen LogP contribution in [0, 0.1) is 0 Å². The molecule has 0 amide bonds. The minimum absolute atomic E-state index is 0.0984. The Hall–Kier alpha value is -2.24. The molecule has 0 unspecified atom stereocenters. The predicted octanol–water partition coefficient (Wildman–Crippen LogP) is 0.546. The fraction of sp³-hybridized carbons (Fsp3) is 0.200. The predicted molar refractivity (Wildman–Crippen MR) is 58.2 cm³/mol. The summed E-state index contributed by atoms with van der Waals surface area (Å²) in [5.41, 5.74) is 1.20. The number of nitrogens with zero attached hydrogens (tertiary/aromatic N) is 4. The van der Waals surface area contributed by atoms with Crippen LogP contribution in [0.4, 0.5) is 5.82 Å². The van der Waals surface area contributed by atoms with Crippen LogP contribution in [0.2, 0.25) is 0 Å². The van der Waals surface area contributed by atoms with Gasteiger partial charge < -0.3 is 10.0 Å². The Bertz CT molecular complexity index is 529. The van der Waals surface area contributed by atoms with Crippen molar-refractivity contribution in [3.63, 3.8) is 0 Å². The van der Waals surface area contributed by atoms with E-state index in [1.807, 2.05) is 0 Å². The molecule has 1 N–H and O–H groups in total. The molecule has 0 spiro atoms. The van der Waals surface area contributed by atoms with Crippen molar-refractivity contribution in [2.24, 2.45) is 0 Å². The van der Waals surface area contributed by atoms with Crippen LogP contribution in [0.25, 0.3) is 11.2 Å². The fourth-order valence-corrected chi connectivity index (χ4v) is 1.34. The molecule has 82 valence electrons. The van der Waals surface area contributed by atoms with E-state index in [1.54, 1.807) is 31.6 Å². The lowest BCUT2D eigenvalue weighted by Crippen LogP contribution is -2.25. The number of carbonyl (C=O) groups is 1. The van der Waals surface area contributed by atoms with Gasteiger partial charge >= 0.3 is 5.97 Å². The van der Waals surface area contributed by atoms with Crippen molar-refractivity contribution in [1.29, 1.82) is 0 Å². The molecule has 0 saturated heterocycles.